The molecule has 112 valence electrons. The first-order valence-electron chi connectivity index (χ1n) is 7.25. The van der Waals surface area contributed by atoms with Crippen LogP contribution in [0.2, 0.25) is 0 Å². The molecule has 0 atom stereocenters. The molecule has 0 unspecified atom stereocenters. The van der Waals surface area contributed by atoms with E-state index in [-0.39, 0.29) is 5.56 Å². The van der Waals surface area contributed by atoms with Crippen LogP contribution < -0.4 is 16.0 Å². The van der Waals surface area contributed by atoms with Gasteiger partial charge in [0, 0.05) is 19.2 Å². The summed E-state index contributed by atoms with van der Waals surface area (Å²) in [5.41, 5.74) is 5.34. The molecule has 0 saturated heterocycles. The number of hydrogen-bond donors (Lipinski definition) is 1. The second-order valence-electron chi connectivity index (χ2n) is 4.85. The van der Waals surface area contributed by atoms with Gasteiger partial charge >= 0.3 is 0 Å². The summed E-state index contributed by atoms with van der Waals surface area (Å²) in [4.78, 5) is 12.5. The average Bonchev–Trinajstić information content (AvgIpc) is 2.43. The third-order valence-electron chi connectivity index (χ3n) is 3.09. The Morgan fingerprint density at radius 2 is 2.10 bits per heavy atom. The first-order valence-corrected chi connectivity index (χ1v) is 7.66. The minimum absolute atomic E-state index is 0.114. The molecule has 0 radical (unpaired) electrons. The summed E-state index contributed by atoms with van der Waals surface area (Å²) in [5.74, 6) is 0.408. The molecule has 0 aliphatic carbocycles. The molecule has 0 aromatic carbocycles. The van der Waals surface area contributed by atoms with Crippen molar-refractivity contribution in [2.45, 2.75) is 52.0 Å². The summed E-state index contributed by atoms with van der Waals surface area (Å²) in [6.07, 6.45) is 8.11. The maximum Gasteiger partial charge on any atom is 0.292 e. The number of aryl methyl sites for hydroxylation is 1. The molecule has 0 bridgehead atoms. The van der Waals surface area contributed by atoms with Crippen molar-refractivity contribution in [1.29, 1.82) is 0 Å². The predicted octanol–water partition coefficient (Wildman–Crippen LogP) is 2.87. The van der Waals surface area contributed by atoms with Gasteiger partial charge in [0.25, 0.3) is 5.56 Å². The number of rotatable bonds is 10. The number of aromatic nitrogens is 1. The van der Waals surface area contributed by atoms with Gasteiger partial charge in [-0.3, -0.25) is 4.79 Å². The largest absolute Gasteiger partial charge is 0.488 e. The minimum Gasteiger partial charge on any atom is -0.488 e. The first kappa shape index (κ1) is 16.7. The number of ether oxygens (including phenoxy) is 1. The highest BCUT2D eigenvalue weighted by atomic mass is 32.1. The second-order valence-corrected chi connectivity index (χ2v) is 5.37. The lowest BCUT2D eigenvalue weighted by molar-refractivity contribution is 0.298. The quantitative estimate of drug-likeness (QED) is 0.533. The molecule has 2 N–H and O–H groups in total. The fraction of sp³-hybridized carbons (Fsp3) is 0.600. The van der Waals surface area contributed by atoms with Gasteiger partial charge in [-0.15, -0.1) is 0 Å². The van der Waals surface area contributed by atoms with E-state index in [0.29, 0.717) is 30.3 Å². The van der Waals surface area contributed by atoms with Crippen LogP contribution in [0.25, 0.3) is 0 Å². The standard InChI is InChI=1S/C15H24N2O2S/c1-2-3-4-5-6-12-19-13-8-7-10-17(15(13)18)11-9-14(16)20/h7-8,10H,2-6,9,11-12H2,1H3,(H2,16,20). The molecule has 1 aromatic rings. The number of unbranched alkanes of at least 4 members (excludes halogenated alkanes) is 4. The Balaban J connectivity index is 2.44. The molecule has 0 aliphatic rings. The lowest BCUT2D eigenvalue weighted by Crippen LogP contribution is -2.23. The van der Waals surface area contributed by atoms with E-state index >= 15 is 0 Å². The van der Waals surface area contributed by atoms with Crippen molar-refractivity contribution < 1.29 is 4.74 Å². The van der Waals surface area contributed by atoms with Gasteiger partial charge in [0.05, 0.1) is 11.6 Å². The fourth-order valence-corrected chi connectivity index (χ4v) is 2.01. The number of pyridine rings is 1. The first-order chi connectivity index (χ1) is 9.65. The normalized spacial score (nSPS) is 10.4. The van der Waals surface area contributed by atoms with Gasteiger partial charge < -0.3 is 15.0 Å². The zero-order valence-electron chi connectivity index (χ0n) is 12.1. The summed E-state index contributed by atoms with van der Waals surface area (Å²) >= 11 is 4.82. The molecule has 0 saturated carbocycles. The predicted molar refractivity (Wildman–Crippen MR) is 86.4 cm³/mol. The molecule has 4 nitrogen and oxygen atoms in total. The van der Waals surface area contributed by atoms with Crippen LogP contribution in [0.5, 0.6) is 5.75 Å². The fourth-order valence-electron chi connectivity index (χ4n) is 1.92. The van der Waals surface area contributed by atoms with Gasteiger partial charge in [-0.05, 0) is 18.6 Å². The number of hydrogen-bond acceptors (Lipinski definition) is 3. The van der Waals surface area contributed by atoms with Crippen LogP contribution >= 0.6 is 12.2 Å². The Morgan fingerprint density at radius 3 is 2.80 bits per heavy atom. The highest BCUT2D eigenvalue weighted by Gasteiger charge is 2.04. The van der Waals surface area contributed by atoms with Gasteiger partial charge in [0.2, 0.25) is 0 Å². The zero-order valence-corrected chi connectivity index (χ0v) is 13.0. The van der Waals surface area contributed by atoms with Crippen LogP contribution in [-0.4, -0.2) is 16.2 Å². The molecule has 0 spiro atoms. The highest BCUT2D eigenvalue weighted by Crippen LogP contribution is 2.06. The summed E-state index contributed by atoms with van der Waals surface area (Å²) in [5, 5.41) is 0. The number of nitrogens with zero attached hydrogens (tertiary/aromatic N) is 1. The molecule has 5 heteroatoms. The van der Waals surface area contributed by atoms with Crippen LogP contribution in [0.4, 0.5) is 0 Å². The molecule has 0 amide bonds. The van der Waals surface area contributed by atoms with Crippen molar-refractivity contribution in [2.24, 2.45) is 5.73 Å². The third kappa shape index (κ3) is 6.19. The van der Waals surface area contributed by atoms with Crippen molar-refractivity contribution in [2.75, 3.05) is 6.61 Å². The van der Waals surface area contributed by atoms with Gasteiger partial charge in [0.1, 0.15) is 0 Å². The highest BCUT2D eigenvalue weighted by molar-refractivity contribution is 7.80. The molecule has 20 heavy (non-hydrogen) atoms. The molecule has 1 aromatic heterocycles. The molecular formula is C15H24N2O2S. The summed E-state index contributed by atoms with van der Waals surface area (Å²) in [6.45, 7) is 3.29. The third-order valence-corrected chi connectivity index (χ3v) is 3.29. The SMILES string of the molecule is CCCCCCCOc1cccn(CCC(N)=S)c1=O. The van der Waals surface area contributed by atoms with E-state index in [1.54, 1.807) is 16.8 Å². The van der Waals surface area contributed by atoms with Gasteiger partial charge in [0.15, 0.2) is 5.75 Å². The monoisotopic (exact) mass is 296 g/mol. The molecule has 0 fully saturated rings. The summed E-state index contributed by atoms with van der Waals surface area (Å²) in [7, 11) is 0. The van der Waals surface area contributed by atoms with E-state index in [4.69, 9.17) is 22.7 Å². The minimum atomic E-state index is -0.114. The van der Waals surface area contributed by atoms with Crippen LogP contribution in [0.15, 0.2) is 23.1 Å². The van der Waals surface area contributed by atoms with E-state index in [1.807, 2.05) is 6.07 Å². The summed E-state index contributed by atoms with van der Waals surface area (Å²) in [6, 6.07) is 3.53. The molecule has 1 heterocycles. The summed E-state index contributed by atoms with van der Waals surface area (Å²) < 4.78 is 7.16. The van der Waals surface area contributed by atoms with E-state index in [2.05, 4.69) is 6.92 Å². The van der Waals surface area contributed by atoms with Crippen molar-refractivity contribution in [3.8, 4) is 5.75 Å². The van der Waals surface area contributed by atoms with Gasteiger partial charge in [-0.2, -0.15) is 0 Å². The lowest BCUT2D eigenvalue weighted by atomic mass is 10.2. The van der Waals surface area contributed by atoms with Crippen LogP contribution in [0.3, 0.4) is 0 Å². The maximum atomic E-state index is 12.1. The lowest BCUT2D eigenvalue weighted by Gasteiger charge is -2.09. The molecular weight excluding hydrogens is 272 g/mol. The molecule has 0 aliphatic heterocycles. The van der Waals surface area contributed by atoms with Gasteiger partial charge in [-0.1, -0.05) is 44.8 Å². The van der Waals surface area contributed by atoms with E-state index in [0.717, 1.165) is 12.8 Å². The van der Waals surface area contributed by atoms with Crippen molar-refractivity contribution in [1.82, 2.24) is 4.57 Å². The molecule has 1 rings (SSSR count). The van der Waals surface area contributed by atoms with Crippen molar-refractivity contribution in [3.05, 3.63) is 28.7 Å². The smallest absolute Gasteiger partial charge is 0.292 e. The maximum absolute atomic E-state index is 12.1. The Labute approximate surface area is 125 Å². The van der Waals surface area contributed by atoms with E-state index in [1.165, 1.54) is 19.3 Å². The van der Waals surface area contributed by atoms with E-state index < -0.39 is 0 Å². The Kier molecular flexibility index (Phi) is 7.95. The van der Waals surface area contributed by atoms with Gasteiger partial charge in [-0.25, -0.2) is 0 Å². The van der Waals surface area contributed by atoms with E-state index in [9.17, 15) is 4.79 Å². The van der Waals surface area contributed by atoms with Crippen molar-refractivity contribution in [3.63, 3.8) is 0 Å². The Bertz CT molecular complexity index is 471. The van der Waals surface area contributed by atoms with Crippen LogP contribution in [0.1, 0.15) is 45.4 Å². The zero-order chi connectivity index (χ0) is 14.8. The number of nitrogens with two attached hydrogens (primary N) is 1. The topological polar surface area (TPSA) is 57.2 Å². The average molecular weight is 296 g/mol. The van der Waals surface area contributed by atoms with Crippen molar-refractivity contribution >= 4 is 17.2 Å². The number of thiocarbonyl (C=S) groups is 1. The Hall–Kier alpha value is -1.36. The van der Waals surface area contributed by atoms with Crippen LogP contribution in [0, 0.1) is 0 Å². The second kappa shape index (κ2) is 9.53. The Morgan fingerprint density at radius 1 is 1.35 bits per heavy atom. The van der Waals surface area contributed by atoms with Crippen LogP contribution in [-0.2, 0) is 6.54 Å².